The van der Waals surface area contributed by atoms with Crippen molar-refractivity contribution in [2.45, 2.75) is 64.5 Å². The van der Waals surface area contributed by atoms with Gasteiger partial charge in [0.1, 0.15) is 6.04 Å². The van der Waals surface area contributed by atoms with Crippen molar-refractivity contribution >= 4 is 11.6 Å². The Hall–Kier alpha value is -1.51. The minimum Gasteiger partial charge on any atom is -0.374 e. The average molecular weight is 274 g/mol. The van der Waals surface area contributed by atoms with Crippen molar-refractivity contribution in [1.82, 2.24) is 5.32 Å². The van der Waals surface area contributed by atoms with Crippen LogP contribution in [-0.2, 0) is 4.79 Å². The molecule has 20 heavy (non-hydrogen) atoms. The third-order valence-corrected chi connectivity index (χ3v) is 4.06. The summed E-state index contributed by atoms with van der Waals surface area (Å²) in [5.74, 6) is 0.636. The van der Waals surface area contributed by atoms with E-state index in [1.807, 2.05) is 6.92 Å². The van der Waals surface area contributed by atoms with E-state index in [2.05, 4.69) is 48.7 Å². The van der Waals surface area contributed by atoms with Crippen LogP contribution in [0, 0.1) is 0 Å². The van der Waals surface area contributed by atoms with Gasteiger partial charge in [-0.1, -0.05) is 38.8 Å². The van der Waals surface area contributed by atoms with E-state index in [0.717, 1.165) is 18.5 Å². The molecule has 0 aromatic heterocycles. The fourth-order valence-electron chi connectivity index (χ4n) is 2.68. The van der Waals surface area contributed by atoms with Gasteiger partial charge in [0.25, 0.3) is 0 Å². The molecular formula is C17H26N2O. The standard InChI is InChI=1S/C17H26N2O/c1-12(2)14-8-10-16(11-9-14)18-13(3)17(20)19-15-6-4-5-7-15/h8-13,15,18H,4-7H2,1-3H3,(H,19,20). The second kappa shape index (κ2) is 6.78. The first-order valence-electron chi connectivity index (χ1n) is 7.73. The van der Waals surface area contributed by atoms with E-state index in [0.29, 0.717) is 12.0 Å². The lowest BCUT2D eigenvalue weighted by atomic mass is 10.0. The minimum atomic E-state index is -0.194. The Morgan fingerprint density at radius 3 is 2.25 bits per heavy atom. The van der Waals surface area contributed by atoms with Crippen LogP contribution in [0.1, 0.15) is 57.9 Å². The number of hydrogen-bond donors (Lipinski definition) is 2. The zero-order chi connectivity index (χ0) is 14.5. The summed E-state index contributed by atoms with van der Waals surface area (Å²) in [5.41, 5.74) is 2.32. The van der Waals surface area contributed by atoms with Crippen LogP contribution >= 0.6 is 0 Å². The third-order valence-electron chi connectivity index (χ3n) is 4.06. The molecule has 0 heterocycles. The maximum Gasteiger partial charge on any atom is 0.242 e. The lowest BCUT2D eigenvalue weighted by molar-refractivity contribution is -0.122. The molecule has 1 unspecified atom stereocenters. The molecule has 1 fully saturated rings. The van der Waals surface area contributed by atoms with Gasteiger partial charge in [0.05, 0.1) is 0 Å². The number of rotatable bonds is 5. The Morgan fingerprint density at radius 1 is 1.10 bits per heavy atom. The Kier molecular flexibility index (Phi) is 5.05. The predicted molar refractivity (Wildman–Crippen MR) is 84.0 cm³/mol. The lowest BCUT2D eigenvalue weighted by Crippen LogP contribution is -2.42. The maximum atomic E-state index is 12.1. The summed E-state index contributed by atoms with van der Waals surface area (Å²) < 4.78 is 0. The van der Waals surface area contributed by atoms with Crippen LogP contribution in [0.2, 0.25) is 0 Å². The predicted octanol–water partition coefficient (Wildman–Crippen LogP) is 3.67. The summed E-state index contributed by atoms with van der Waals surface area (Å²) in [6, 6.07) is 8.53. The molecule has 0 aliphatic heterocycles. The molecule has 1 amide bonds. The lowest BCUT2D eigenvalue weighted by Gasteiger charge is -2.19. The van der Waals surface area contributed by atoms with Crippen LogP contribution in [0.5, 0.6) is 0 Å². The SMILES string of the molecule is CC(Nc1ccc(C(C)C)cc1)C(=O)NC1CCCC1. The van der Waals surface area contributed by atoms with Gasteiger partial charge in [-0.15, -0.1) is 0 Å². The van der Waals surface area contributed by atoms with Crippen molar-refractivity contribution in [3.8, 4) is 0 Å². The van der Waals surface area contributed by atoms with Crippen LogP contribution in [0.25, 0.3) is 0 Å². The highest BCUT2D eigenvalue weighted by molar-refractivity contribution is 5.84. The monoisotopic (exact) mass is 274 g/mol. The summed E-state index contributed by atoms with van der Waals surface area (Å²) in [7, 11) is 0. The Bertz CT molecular complexity index is 433. The molecular weight excluding hydrogens is 248 g/mol. The van der Waals surface area contributed by atoms with E-state index in [4.69, 9.17) is 0 Å². The van der Waals surface area contributed by atoms with Gasteiger partial charge in [0.15, 0.2) is 0 Å². The van der Waals surface area contributed by atoms with Gasteiger partial charge in [-0.05, 0) is 43.4 Å². The van der Waals surface area contributed by atoms with Gasteiger partial charge in [0.2, 0.25) is 5.91 Å². The van der Waals surface area contributed by atoms with Crippen LogP contribution in [-0.4, -0.2) is 18.0 Å². The number of benzene rings is 1. The number of anilines is 1. The molecule has 110 valence electrons. The molecule has 2 N–H and O–H groups in total. The van der Waals surface area contributed by atoms with E-state index in [1.54, 1.807) is 0 Å². The van der Waals surface area contributed by atoms with Crippen LogP contribution < -0.4 is 10.6 Å². The van der Waals surface area contributed by atoms with Crippen molar-refractivity contribution in [2.75, 3.05) is 5.32 Å². The number of hydrogen-bond acceptors (Lipinski definition) is 2. The van der Waals surface area contributed by atoms with Gasteiger partial charge >= 0.3 is 0 Å². The Morgan fingerprint density at radius 2 is 1.70 bits per heavy atom. The van der Waals surface area contributed by atoms with Crippen molar-refractivity contribution in [3.05, 3.63) is 29.8 Å². The zero-order valence-electron chi connectivity index (χ0n) is 12.8. The minimum absolute atomic E-state index is 0.102. The van der Waals surface area contributed by atoms with Crippen LogP contribution in [0.15, 0.2) is 24.3 Å². The third kappa shape index (κ3) is 3.99. The van der Waals surface area contributed by atoms with Gasteiger partial charge in [-0.2, -0.15) is 0 Å². The first kappa shape index (κ1) is 14.9. The molecule has 1 aliphatic rings. The van der Waals surface area contributed by atoms with Gasteiger partial charge in [0, 0.05) is 11.7 Å². The molecule has 1 aliphatic carbocycles. The van der Waals surface area contributed by atoms with E-state index in [-0.39, 0.29) is 11.9 Å². The van der Waals surface area contributed by atoms with Crippen LogP contribution in [0.3, 0.4) is 0 Å². The fraction of sp³-hybridized carbons (Fsp3) is 0.588. The second-order valence-electron chi connectivity index (χ2n) is 6.13. The van der Waals surface area contributed by atoms with Gasteiger partial charge < -0.3 is 10.6 Å². The van der Waals surface area contributed by atoms with Crippen molar-refractivity contribution < 1.29 is 4.79 Å². The normalized spacial score (nSPS) is 17.2. The first-order valence-corrected chi connectivity index (χ1v) is 7.73. The number of amides is 1. The molecule has 0 bridgehead atoms. The highest BCUT2D eigenvalue weighted by Crippen LogP contribution is 2.19. The highest BCUT2D eigenvalue weighted by Gasteiger charge is 2.20. The van der Waals surface area contributed by atoms with Crippen LogP contribution in [0.4, 0.5) is 5.69 Å². The summed E-state index contributed by atoms with van der Waals surface area (Å²) in [6.07, 6.45) is 4.73. The summed E-state index contributed by atoms with van der Waals surface area (Å²) in [4.78, 5) is 12.1. The Balaban J connectivity index is 1.86. The largest absolute Gasteiger partial charge is 0.374 e. The van der Waals surface area contributed by atoms with E-state index < -0.39 is 0 Å². The molecule has 3 nitrogen and oxygen atoms in total. The molecule has 0 spiro atoms. The number of carbonyl (C=O) groups excluding carboxylic acids is 1. The first-order chi connectivity index (χ1) is 9.56. The highest BCUT2D eigenvalue weighted by atomic mass is 16.2. The maximum absolute atomic E-state index is 12.1. The van der Waals surface area contributed by atoms with Gasteiger partial charge in [-0.25, -0.2) is 0 Å². The molecule has 3 heteroatoms. The number of carbonyl (C=O) groups is 1. The molecule has 1 saturated carbocycles. The number of nitrogens with one attached hydrogen (secondary N) is 2. The van der Waals surface area contributed by atoms with Crippen molar-refractivity contribution in [3.63, 3.8) is 0 Å². The van der Waals surface area contributed by atoms with E-state index in [1.165, 1.54) is 18.4 Å². The molecule has 1 aromatic carbocycles. The summed E-state index contributed by atoms with van der Waals surface area (Å²) in [6.45, 7) is 6.28. The Labute approximate surface area is 122 Å². The quantitative estimate of drug-likeness (QED) is 0.860. The van der Waals surface area contributed by atoms with Gasteiger partial charge in [-0.3, -0.25) is 4.79 Å². The molecule has 2 rings (SSSR count). The summed E-state index contributed by atoms with van der Waals surface area (Å²) in [5, 5.41) is 6.40. The molecule has 1 aromatic rings. The van der Waals surface area contributed by atoms with E-state index in [9.17, 15) is 4.79 Å². The van der Waals surface area contributed by atoms with Crippen molar-refractivity contribution in [2.24, 2.45) is 0 Å². The smallest absolute Gasteiger partial charge is 0.242 e. The molecule has 1 atom stereocenters. The van der Waals surface area contributed by atoms with Crippen molar-refractivity contribution in [1.29, 1.82) is 0 Å². The van der Waals surface area contributed by atoms with E-state index >= 15 is 0 Å². The summed E-state index contributed by atoms with van der Waals surface area (Å²) >= 11 is 0. The second-order valence-corrected chi connectivity index (χ2v) is 6.13. The molecule has 0 radical (unpaired) electrons. The average Bonchev–Trinajstić information content (AvgIpc) is 2.92. The fourth-order valence-corrected chi connectivity index (χ4v) is 2.68. The zero-order valence-corrected chi connectivity index (χ0v) is 12.8. The molecule has 0 saturated heterocycles. The topological polar surface area (TPSA) is 41.1 Å².